The Morgan fingerprint density at radius 1 is 0.963 bits per heavy atom. The van der Waals surface area contributed by atoms with Crippen molar-refractivity contribution in [3.05, 3.63) is 77.2 Å². The fourth-order valence-corrected chi connectivity index (χ4v) is 3.62. The number of rotatable bonds is 7. The first kappa shape index (κ1) is 19.3. The van der Waals surface area contributed by atoms with Crippen LogP contribution in [0.25, 0.3) is 11.1 Å². The molecule has 0 atom stereocenters. The van der Waals surface area contributed by atoms with Gasteiger partial charge < -0.3 is 0 Å². The second-order valence-corrected chi connectivity index (χ2v) is 7.71. The first-order valence-electron chi connectivity index (χ1n) is 8.39. The Kier molecular flexibility index (Phi) is 6.05. The van der Waals surface area contributed by atoms with E-state index in [4.69, 9.17) is 11.6 Å². The van der Waals surface area contributed by atoms with E-state index in [1.165, 1.54) is 11.9 Å². The molecule has 3 aromatic rings. The van der Waals surface area contributed by atoms with Crippen molar-refractivity contribution < 1.29 is 8.42 Å². The molecule has 0 aliphatic carbocycles. The summed E-state index contributed by atoms with van der Waals surface area (Å²) in [6, 6.07) is 16.9. The maximum Gasteiger partial charge on any atom is 0.300 e. The summed E-state index contributed by atoms with van der Waals surface area (Å²) in [6.07, 6.45) is 2.13. The zero-order chi connectivity index (χ0) is 19.3. The van der Waals surface area contributed by atoms with E-state index in [9.17, 15) is 8.42 Å². The van der Waals surface area contributed by atoms with Gasteiger partial charge in [0.25, 0.3) is 0 Å². The zero-order valence-electron chi connectivity index (χ0n) is 14.7. The molecule has 2 N–H and O–H groups in total. The minimum Gasteiger partial charge on any atom is -0.254 e. The van der Waals surface area contributed by atoms with Crippen LogP contribution in [0.3, 0.4) is 0 Å². The van der Waals surface area contributed by atoms with Gasteiger partial charge in [0.1, 0.15) is 11.5 Å². The first-order valence-corrected chi connectivity index (χ1v) is 10.3. The number of benzene rings is 2. The van der Waals surface area contributed by atoms with Gasteiger partial charge in [0.2, 0.25) is 0 Å². The number of hydrogen-bond acceptors (Lipinski definition) is 4. The number of halogens is 1. The van der Waals surface area contributed by atoms with Crippen LogP contribution in [-0.2, 0) is 23.2 Å². The summed E-state index contributed by atoms with van der Waals surface area (Å²) in [5, 5.41) is 0.176. The summed E-state index contributed by atoms with van der Waals surface area (Å²) in [6.45, 7) is 2.22. The molecule has 0 aliphatic heterocycles. The van der Waals surface area contributed by atoms with Crippen LogP contribution in [0.1, 0.15) is 18.1 Å². The molecule has 1 aromatic heterocycles. The number of nitrogens with one attached hydrogen (secondary N) is 2. The van der Waals surface area contributed by atoms with Gasteiger partial charge in [-0.25, -0.2) is 9.97 Å². The predicted molar refractivity (Wildman–Crippen MR) is 108 cm³/mol. The first-order chi connectivity index (χ1) is 13.0. The van der Waals surface area contributed by atoms with Crippen LogP contribution < -0.4 is 9.44 Å². The largest absolute Gasteiger partial charge is 0.300 e. The van der Waals surface area contributed by atoms with Crippen molar-refractivity contribution in [2.45, 2.75) is 19.9 Å². The van der Waals surface area contributed by atoms with Crippen molar-refractivity contribution >= 4 is 27.6 Å². The maximum atomic E-state index is 12.4. The molecule has 0 unspecified atom stereocenters. The number of nitrogens with zero attached hydrogens (tertiary/aromatic N) is 2. The van der Waals surface area contributed by atoms with E-state index in [2.05, 4.69) is 26.3 Å². The van der Waals surface area contributed by atoms with E-state index < -0.39 is 10.2 Å². The molecule has 0 bridgehead atoms. The molecule has 0 saturated heterocycles. The fourth-order valence-electron chi connectivity index (χ4n) is 2.54. The molecule has 0 amide bonds. The molecule has 140 valence electrons. The molecule has 27 heavy (non-hydrogen) atoms. The van der Waals surface area contributed by atoms with Crippen LogP contribution in [0, 0.1) is 0 Å². The number of aromatic nitrogens is 2. The Balaban J connectivity index is 1.84. The summed E-state index contributed by atoms with van der Waals surface area (Å²) < 4.78 is 29.8. The van der Waals surface area contributed by atoms with E-state index in [-0.39, 0.29) is 17.5 Å². The van der Waals surface area contributed by atoms with Gasteiger partial charge in [0.15, 0.2) is 5.82 Å². The summed E-state index contributed by atoms with van der Waals surface area (Å²) in [5.74, 6) is 0.125. The maximum absolute atomic E-state index is 12.4. The van der Waals surface area contributed by atoms with Crippen LogP contribution in [-0.4, -0.2) is 18.4 Å². The normalized spacial score (nSPS) is 11.3. The van der Waals surface area contributed by atoms with Gasteiger partial charge in [-0.1, -0.05) is 73.1 Å². The quantitative estimate of drug-likeness (QED) is 0.588. The highest BCUT2D eigenvalue weighted by Gasteiger charge is 2.18. The van der Waals surface area contributed by atoms with Gasteiger partial charge >= 0.3 is 10.2 Å². The molecule has 6 nitrogen and oxygen atoms in total. The number of aryl methyl sites for hydroxylation is 1. The van der Waals surface area contributed by atoms with Gasteiger partial charge in [-0.3, -0.25) is 4.72 Å². The molecule has 3 rings (SSSR count). The molecule has 8 heteroatoms. The molecule has 0 spiro atoms. The summed E-state index contributed by atoms with van der Waals surface area (Å²) >= 11 is 6.23. The van der Waals surface area contributed by atoms with E-state index in [0.29, 0.717) is 5.56 Å². The van der Waals surface area contributed by atoms with Crippen molar-refractivity contribution in [2.24, 2.45) is 0 Å². The SMILES string of the molecule is CCc1ccc(-c2c(Cl)ncnc2NS(=O)(=O)NCc2ccccc2)cc1. The van der Waals surface area contributed by atoms with Crippen LogP contribution in [0.5, 0.6) is 0 Å². The van der Waals surface area contributed by atoms with Crippen LogP contribution >= 0.6 is 11.6 Å². The topological polar surface area (TPSA) is 84.0 Å². The Hall–Kier alpha value is -2.48. The second-order valence-electron chi connectivity index (χ2n) is 5.85. The van der Waals surface area contributed by atoms with E-state index in [1.54, 1.807) is 0 Å². The van der Waals surface area contributed by atoms with Crippen molar-refractivity contribution in [1.82, 2.24) is 14.7 Å². The molecule has 0 aliphatic rings. The Morgan fingerprint density at radius 2 is 1.67 bits per heavy atom. The number of anilines is 1. The van der Waals surface area contributed by atoms with Gasteiger partial charge in [-0.15, -0.1) is 0 Å². The van der Waals surface area contributed by atoms with Gasteiger partial charge in [0.05, 0.1) is 5.56 Å². The third-order valence-corrected chi connectivity index (χ3v) is 5.27. The molecule has 2 aromatic carbocycles. The van der Waals surface area contributed by atoms with Crippen molar-refractivity contribution in [1.29, 1.82) is 0 Å². The molecule has 0 radical (unpaired) electrons. The summed E-state index contributed by atoms with van der Waals surface area (Å²) in [7, 11) is -3.84. The summed E-state index contributed by atoms with van der Waals surface area (Å²) in [4.78, 5) is 8.05. The van der Waals surface area contributed by atoms with Crippen molar-refractivity contribution in [2.75, 3.05) is 4.72 Å². The highest BCUT2D eigenvalue weighted by atomic mass is 35.5. The average Bonchev–Trinajstić information content (AvgIpc) is 2.67. The minimum absolute atomic E-state index is 0.125. The molecular weight excluding hydrogens is 384 g/mol. The lowest BCUT2D eigenvalue weighted by molar-refractivity contribution is 0.586. The Labute approximate surface area is 163 Å². The minimum atomic E-state index is -3.84. The monoisotopic (exact) mass is 402 g/mol. The van der Waals surface area contributed by atoms with Gasteiger partial charge in [-0.2, -0.15) is 13.1 Å². The highest BCUT2D eigenvalue weighted by Crippen LogP contribution is 2.32. The van der Waals surface area contributed by atoms with E-state index in [0.717, 1.165) is 17.5 Å². The predicted octanol–water partition coefficient (Wildman–Crippen LogP) is 3.81. The van der Waals surface area contributed by atoms with Gasteiger partial charge in [-0.05, 0) is 23.1 Å². The van der Waals surface area contributed by atoms with E-state index >= 15 is 0 Å². The molecule has 0 saturated carbocycles. The number of hydrogen-bond donors (Lipinski definition) is 2. The Bertz CT molecular complexity index is 1010. The van der Waals surface area contributed by atoms with Crippen molar-refractivity contribution in [3.63, 3.8) is 0 Å². The zero-order valence-corrected chi connectivity index (χ0v) is 16.3. The van der Waals surface area contributed by atoms with E-state index in [1.807, 2.05) is 54.6 Å². The molecule has 1 heterocycles. The molecular formula is C19H19ClN4O2S. The van der Waals surface area contributed by atoms with Gasteiger partial charge in [0, 0.05) is 6.54 Å². The lowest BCUT2D eigenvalue weighted by Crippen LogP contribution is -2.30. The fraction of sp³-hybridized carbons (Fsp3) is 0.158. The third-order valence-electron chi connectivity index (χ3n) is 3.99. The third kappa shape index (κ3) is 5.03. The highest BCUT2D eigenvalue weighted by molar-refractivity contribution is 7.90. The lowest BCUT2D eigenvalue weighted by atomic mass is 10.0. The lowest BCUT2D eigenvalue weighted by Gasteiger charge is -2.13. The standard InChI is InChI=1S/C19H19ClN4O2S/c1-2-14-8-10-16(11-9-14)17-18(20)21-13-22-19(17)24-27(25,26)23-12-15-6-4-3-5-7-15/h3-11,13,23H,2,12H2,1H3,(H,21,22,24). The van der Waals surface area contributed by atoms with Crippen LogP contribution in [0.4, 0.5) is 5.82 Å². The molecule has 0 fully saturated rings. The smallest absolute Gasteiger partial charge is 0.254 e. The second kappa shape index (κ2) is 8.47. The average molecular weight is 403 g/mol. The van der Waals surface area contributed by atoms with Crippen LogP contribution in [0.2, 0.25) is 5.15 Å². The Morgan fingerprint density at radius 3 is 2.33 bits per heavy atom. The van der Waals surface area contributed by atoms with Crippen LogP contribution in [0.15, 0.2) is 60.9 Å². The van der Waals surface area contributed by atoms with Crippen molar-refractivity contribution in [3.8, 4) is 11.1 Å². The summed E-state index contributed by atoms with van der Waals surface area (Å²) in [5.41, 5.74) is 3.18.